The quantitative estimate of drug-likeness (QED) is 0.686. The average molecular weight is 321 g/mol. The lowest BCUT2D eigenvalue weighted by atomic mass is 10.1. The lowest BCUT2D eigenvalue weighted by Gasteiger charge is -2.08. The summed E-state index contributed by atoms with van der Waals surface area (Å²) in [5.74, 6) is -0.241. The maximum atomic E-state index is 12.3. The first kappa shape index (κ1) is 15.8. The number of aryl methyl sites for hydroxylation is 1. The highest BCUT2D eigenvalue weighted by atomic mass is 16.2. The van der Waals surface area contributed by atoms with E-state index in [1.807, 2.05) is 25.1 Å². The molecule has 0 atom stereocenters. The van der Waals surface area contributed by atoms with Crippen LogP contribution in [0.25, 0.3) is 10.9 Å². The van der Waals surface area contributed by atoms with Crippen molar-refractivity contribution < 1.29 is 9.59 Å². The zero-order chi connectivity index (χ0) is 17.1. The Labute approximate surface area is 140 Å². The molecule has 2 amide bonds. The molecule has 0 bridgehead atoms. The van der Waals surface area contributed by atoms with Crippen LogP contribution in [0.3, 0.4) is 0 Å². The van der Waals surface area contributed by atoms with Gasteiger partial charge in [0.05, 0.1) is 6.42 Å². The van der Waals surface area contributed by atoms with Crippen molar-refractivity contribution in [2.45, 2.75) is 20.3 Å². The normalized spacial score (nSPS) is 10.6. The van der Waals surface area contributed by atoms with Gasteiger partial charge in [-0.1, -0.05) is 12.1 Å². The van der Waals surface area contributed by atoms with Crippen molar-refractivity contribution in [3.8, 4) is 0 Å². The molecule has 5 nitrogen and oxygen atoms in total. The number of benzene rings is 2. The van der Waals surface area contributed by atoms with E-state index in [-0.39, 0.29) is 11.8 Å². The van der Waals surface area contributed by atoms with Gasteiger partial charge in [-0.25, -0.2) is 0 Å². The molecule has 0 saturated carbocycles. The third-order valence-electron chi connectivity index (χ3n) is 3.65. The third kappa shape index (κ3) is 3.81. The first-order valence-electron chi connectivity index (χ1n) is 7.75. The van der Waals surface area contributed by atoms with Gasteiger partial charge in [0.2, 0.25) is 11.8 Å². The van der Waals surface area contributed by atoms with Crippen LogP contribution in [0.5, 0.6) is 0 Å². The first-order chi connectivity index (χ1) is 11.5. The molecule has 0 unspecified atom stereocenters. The van der Waals surface area contributed by atoms with Gasteiger partial charge in [-0.05, 0) is 54.3 Å². The van der Waals surface area contributed by atoms with Gasteiger partial charge in [0.25, 0.3) is 0 Å². The van der Waals surface area contributed by atoms with Crippen molar-refractivity contribution in [3.63, 3.8) is 0 Å². The maximum absolute atomic E-state index is 12.3. The minimum absolute atomic E-state index is 0.0958. The molecule has 3 rings (SSSR count). The summed E-state index contributed by atoms with van der Waals surface area (Å²) in [5.41, 5.74) is 4.44. The Morgan fingerprint density at radius 2 is 1.75 bits per heavy atom. The van der Waals surface area contributed by atoms with Gasteiger partial charge in [0.15, 0.2) is 0 Å². The Bertz CT molecular complexity index is 912. The minimum atomic E-state index is -0.145. The molecule has 0 aliphatic carbocycles. The lowest BCUT2D eigenvalue weighted by molar-refractivity contribution is -0.115. The number of carbonyl (C=O) groups is 2. The molecule has 0 radical (unpaired) electrons. The molecule has 0 spiro atoms. The molecule has 0 aliphatic rings. The molecule has 3 aromatic rings. The van der Waals surface area contributed by atoms with Crippen molar-refractivity contribution in [1.29, 1.82) is 0 Å². The number of hydrogen-bond donors (Lipinski definition) is 3. The van der Waals surface area contributed by atoms with E-state index in [0.717, 1.165) is 22.2 Å². The van der Waals surface area contributed by atoms with Crippen LogP contribution < -0.4 is 10.6 Å². The van der Waals surface area contributed by atoms with Gasteiger partial charge in [-0.15, -0.1) is 0 Å². The molecular formula is C19H19N3O2. The zero-order valence-electron chi connectivity index (χ0n) is 13.6. The molecule has 122 valence electrons. The molecule has 1 aromatic heterocycles. The molecule has 24 heavy (non-hydrogen) atoms. The van der Waals surface area contributed by atoms with Crippen LogP contribution in [0.4, 0.5) is 11.4 Å². The van der Waals surface area contributed by atoms with E-state index < -0.39 is 0 Å². The highest BCUT2D eigenvalue weighted by Gasteiger charge is 2.07. The summed E-state index contributed by atoms with van der Waals surface area (Å²) < 4.78 is 0. The molecule has 0 aliphatic heterocycles. The molecule has 0 saturated heterocycles. The number of nitrogens with one attached hydrogen (secondary N) is 3. The highest BCUT2D eigenvalue weighted by Crippen LogP contribution is 2.18. The summed E-state index contributed by atoms with van der Waals surface area (Å²) in [6.07, 6.45) is 0.296. The van der Waals surface area contributed by atoms with Crippen LogP contribution >= 0.6 is 0 Å². The molecule has 3 N–H and O–H groups in total. The monoisotopic (exact) mass is 321 g/mol. The van der Waals surface area contributed by atoms with Crippen molar-refractivity contribution in [2.75, 3.05) is 10.6 Å². The summed E-state index contributed by atoms with van der Waals surface area (Å²) in [5, 5.41) is 6.66. The van der Waals surface area contributed by atoms with Crippen LogP contribution in [-0.2, 0) is 16.0 Å². The highest BCUT2D eigenvalue weighted by molar-refractivity contribution is 5.94. The van der Waals surface area contributed by atoms with Gasteiger partial charge < -0.3 is 15.6 Å². The van der Waals surface area contributed by atoms with Crippen LogP contribution in [0.15, 0.2) is 48.5 Å². The number of aromatic nitrogens is 1. The predicted octanol–water partition coefficient (Wildman–Crippen LogP) is 3.62. The Morgan fingerprint density at radius 3 is 2.50 bits per heavy atom. The van der Waals surface area contributed by atoms with Crippen molar-refractivity contribution >= 4 is 34.1 Å². The number of H-pyrrole nitrogens is 1. The number of hydrogen-bond acceptors (Lipinski definition) is 2. The topological polar surface area (TPSA) is 74.0 Å². The van der Waals surface area contributed by atoms with E-state index in [9.17, 15) is 9.59 Å². The summed E-state index contributed by atoms with van der Waals surface area (Å²) in [6, 6.07) is 15.1. The third-order valence-corrected chi connectivity index (χ3v) is 3.65. The number of carbonyl (C=O) groups excluding carboxylic acids is 2. The Kier molecular flexibility index (Phi) is 4.33. The summed E-state index contributed by atoms with van der Waals surface area (Å²) in [4.78, 5) is 26.6. The van der Waals surface area contributed by atoms with Crippen molar-refractivity contribution in [1.82, 2.24) is 4.98 Å². The smallest absolute Gasteiger partial charge is 0.228 e. The Morgan fingerprint density at radius 1 is 1.00 bits per heavy atom. The first-order valence-corrected chi connectivity index (χ1v) is 7.75. The second-order valence-corrected chi connectivity index (χ2v) is 5.86. The van der Waals surface area contributed by atoms with Crippen LogP contribution in [0, 0.1) is 6.92 Å². The fourth-order valence-corrected chi connectivity index (χ4v) is 2.71. The molecule has 5 heteroatoms. The maximum Gasteiger partial charge on any atom is 0.228 e. The van der Waals surface area contributed by atoms with E-state index in [0.29, 0.717) is 17.8 Å². The number of fused-ring (bicyclic) bond motifs is 1. The van der Waals surface area contributed by atoms with E-state index in [2.05, 4.69) is 21.7 Å². The van der Waals surface area contributed by atoms with Gasteiger partial charge in [-0.2, -0.15) is 0 Å². The van der Waals surface area contributed by atoms with E-state index >= 15 is 0 Å². The lowest BCUT2D eigenvalue weighted by Crippen LogP contribution is -2.14. The van der Waals surface area contributed by atoms with Gasteiger partial charge in [-0.3, -0.25) is 9.59 Å². The minimum Gasteiger partial charge on any atom is -0.359 e. The molecular weight excluding hydrogens is 302 g/mol. The SMILES string of the molecule is CC(=O)Nc1cccc(NC(=O)Cc2ccc3[nH]c(C)cc3c2)c1. The molecule has 0 fully saturated rings. The Balaban J connectivity index is 1.69. The summed E-state index contributed by atoms with van der Waals surface area (Å²) in [6.45, 7) is 3.46. The van der Waals surface area contributed by atoms with E-state index in [1.54, 1.807) is 24.3 Å². The number of rotatable bonds is 4. The molecule has 2 aromatic carbocycles. The molecule has 1 heterocycles. The number of anilines is 2. The standard InChI is InChI=1S/C19H19N3O2/c1-12-8-15-9-14(6-7-18(15)20-12)10-19(24)22-17-5-3-4-16(11-17)21-13(2)23/h3-9,11,20H,10H2,1-2H3,(H,21,23)(H,22,24). The predicted molar refractivity (Wildman–Crippen MR) is 96.1 cm³/mol. The average Bonchev–Trinajstić information content (AvgIpc) is 2.86. The summed E-state index contributed by atoms with van der Waals surface area (Å²) >= 11 is 0. The van der Waals surface area contributed by atoms with Gasteiger partial charge >= 0.3 is 0 Å². The van der Waals surface area contributed by atoms with E-state index in [1.165, 1.54) is 6.92 Å². The van der Waals surface area contributed by atoms with Crippen molar-refractivity contribution in [3.05, 3.63) is 59.8 Å². The fourth-order valence-electron chi connectivity index (χ4n) is 2.71. The second kappa shape index (κ2) is 6.58. The summed E-state index contributed by atoms with van der Waals surface area (Å²) in [7, 11) is 0. The number of amides is 2. The number of aromatic amines is 1. The van der Waals surface area contributed by atoms with Gasteiger partial charge in [0, 0.05) is 29.5 Å². The zero-order valence-corrected chi connectivity index (χ0v) is 13.6. The Hall–Kier alpha value is -3.08. The van der Waals surface area contributed by atoms with Crippen LogP contribution in [0.2, 0.25) is 0 Å². The van der Waals surface area contributed by atoms with Crippen LogP contribution in [0.1, 0.15) is 18.2 Å². The van der Waals surface area contributed by atoms with Gasteiger partial charge in [0.1, 0.15) is 0 Å². The van der Waals surface area contributed by atoms with E-state index in [4.69, 9.17) is 0 Å². The second-order valence-electron chi connectivity index (χ2n) is 5.86. The largest absolute Gasteiger partial charge is 0.359 e. The van der Waals surface area contributed by atoms with Crippen molar-refractivity contribution in [2.24, 2.45) is 0 Å². The van der Waals surface area contributed by atoms with Crippen LogP contribution in [-0.4, -0.2) is 16.8 Å². The fraction of sp³-hybridized carbons (Fsp3) is 0.158.